The first-order chi connectivity index (χ1) is 27.5. The van der Waals surface area contributed by atoms with Gasteiger partial charge >= 0.3 is 12.0 Å². The second-order valence-electron chi connectivity index (χ2n) is 16.7. The summed E-state index contributed by atoms with van der Waals surface area (Å²) in [5, 5.41) is 14.7. The van der Waals surface area contributed by atoms with Crippen LogP contribution in [0.15, 0.2) is 40.9 Å². The maximum Gasteiger partial charge on any atom is 0.328 e. The number of nitrogens with zero attached hydrogens (tertiary/aromatic N) is 4. The quantitative estimate of drug-likeness (QED) is 0.286. The normalized spacial score (nSPS) is 25.6. The van der Waals surface area contributed by atoms with Crippen LogP contribution >= 0.6 is 0 Å². The average Bonchev–Trinajstić information content (AvgIpc) is 3.83. The molecule has 17 heteroatoms. The highest BCUT2D eigenvalue weighted by atomic mass is 16.5. The van der Waals surface area contributed by atoms with Crippen LogP contribution in [0, 0.1) is 5.92 Å². The number of hydrogen-bond acceptors (Lipinski definition) is 10. The highest BCUT2D eigenvalue weighted by Crippen LogP contribution is 2.27. The molecular weight excluding hydrogens is 748 g/mol. The fourth-order valence-corrected chi connectivity index (χ4v) is 7.68. The van der Waals surface area contributed by atoms with Crippen molar-refractivity contribution in [2.24, 2.45) is 5.92 Å². The number of hydrogen-bond donors (Lipinski definition) is 4. The van der Waals surface area contributed by atoms with Crippen LogP contribution in [0.4, 0.5) is 10.6 Å². The third-order valence-corrected chi connectivity index (χ3v) is 10.9. The highest BCUT2D eigenvalue weighted by Gasteiger charge is 2.44. The molecule has 4 N–H and O–H groups in total. The van der Waals surface area contributed by atoms with Crippen LogP contribution in [-0.4, -0.2) is 124 Å². The number of ether oxygens (including phenoxy) is 1. The summed E-state index contributed by atoms with van der Waals surface area (Å²) in [7, 11) is 0. The van der Waals surface area contributed by atoms with Gasteiger partial charge in [0.15, 0.2) is 5.82 Å². The van der Waals surface area contributed by atoms with Gasteiger partial charge in [0.05, 0.1) is 0 Å². The van der Waals surface area contributed by atoms with E-state index >= 15 is 0 Å². The van der Waals surface area contributed by atoms with Crippen LogP contribution in [0.1, 0.15) is 91.9 Å². The van der Waals surface area contributed by atoms with Crippen LogP contribution in [0.25, 0.3) is 0 Å². The Balaban J connectivity index is 1.47. The lowest BCUT2D eigenvalue weighted by atomic mass is 9.93. The molecule has 3 aliphatic rings. The first-order valence-corrected chi connectivity index (χ1v) is 20.3. The zero-order valence-electron chi connectivity index (χ0n) is 34.5. The minimum Gasteiger partial charge on any atom is -0.461 e. The molecule has 316 valence electrons. The highest BCUT2D eigenvalue weighted by molar-refractivity contribution is 5.98. The molecule has 3 saturated heterocycles. The average molecular weight is 807 g/mol. The SMILES string of the molecule is CCCN1C(=O)[C@@H](NC(=O)[C@H](Cc2ccccc2)NC(=O)Nc2cc(C(C)(C)C)on2)COC(=O)[C@@H]2C[C@@H](C)CN2C(=O)[C@H](C)NC(=O)[C@@H]2CCCCN2C(=O)[C@@H]1C. The van der Waals surface area contributed by atoms with Crippen LogP contribution in [0.2, 0.25) is 0 Å². The molecule has 0 bridgehead atoms. The predicted octanol–water partition coefficient (Wildman–Crippen LogP) is 2.50. The van der Waals surface area contributed by atoms with E-state index < -0.39 is 84.4 Å². The van der Waals surface area contributed by atoms with Crippen molar-refractivity contribution in [3.8, 4) is 0 Å². The van der Waals surface area contributed by atoms with Crippen molar-refractivity contribution in [2.45, 2.75) is 129 Å². The molecule has 7 amide bonds. The van der Waals surface area contributed by atoms with E-state index in [4.69, 9.17) is 9.26 Å². The molecule has 0 radical (unpaired) electrons. The number of benzene rings is 1. The van der Waals surface area contributed by atoms with Crippen molar-refractivity contribution < 1.29 is 42.8 Å². The van der Waals surface area contributed by atoms with Crippen LogP contribution in [-0.2, 0) is 45.3 Å². The molecule has 3 fully saturated rings. The largest absolute Gasteiger partial charge is 0.461 e. The molecule has 17 nitrogen and oxygen atoms in total. The molecule has 0 saturated carbocycles. The Bertz CT molecular complexity index is 1830. The summed E-state index contributed by atoms with van der Waals surface area (Å²) in [6.07, 6.45) is 2.47. The minimum atomic E-state index is -1.50. The summed E-state index contributed by atoms with van der Waals surface area (Å²) in [5.74, 6) is -3.07. The first-order valence-electron chi connectivity index (χ1n) is 20.3. The number of urea groups is 1. The van der Waals surface area contributed by atoms with Gasteiger partial charge in [0.2, 0.25) is 29.5 Å². The monoisotopic (exact) mass is 806 g/mol. The number of anilines is 1. The number of nitrogens with one attached hydrogen (secondary N) is 4. The molecule has 58 heavy (non-hydrogen) atoms. The van der Waals surface area contributed by atoms with E-state index in [0.717, 1.165) is 0 Å². The van der Waals surface area contributed by atoms with Crippen LogP contribution in [0.3, 0.4) is 0 Å². The summed E-state index contributed by atoms with van der Waals surface area (Å²) < 4.78 is 11.1. The van der Waals surface area contributed by atoms with E-state index in [2.05, 4.69) is 26.4 Å². The van der Waals surface area contributed by atoms with E-state index in [-0.39, 0.29) is 43.2 Å². The van der Waals surface area contributed by atoms with Gasteiger partial charge in [-0.1, -0.05) is 70.1 Å². The Morgan fingerprint density at radius 2 is 1.69 bits per heavy atom. The van der Waals surface area contributed by atoms with Gasteiger partial charge in [-0.25, -0.2) is 9.59 Å². The standard InChI is InChI=1S/C41H58N8O9/c1-8-17-47-26(4)37(53)48-18-13-12-16-30(48)35(51)42-25(3)36(52)49-22-24(2)19-31(49)39(55)57-23-29(38(47)54)43-34(50)28(20-27-14-10-9-11-15-27)44-40(56)45-33-21-32(58-46-33)41(5,6)7/h9-11,14-15,21,24-26,28-31H,8,12-13,16-20,22-23H2,1-7H3,(H,42,51)(H,43,50)(H2,44,45,46,56)/t24-,25+,26+,28+,29+,30+,31+/m1/s1. The number of esters is 1. The summed E-state index contributed by atoms with van der Waals surface area (Å²) in [5.41, 5.74) is 0.330. The van der Waals surface area contributed by atoms with Gasteiger partial charge in [0.1, 0.15) is 48.6 Å². The molecule has 3 aliphatic heterocycles. The summed E-state index contributed by atoms with van der Waals surface area (Å²) in [6, 6.07) is 3.12. The van der Waals surface area contributed by atoms with Gasteiger partial charge in [0, 0.05) is 37.5 Å². The van der Waals surface area contributed by atoms with Crippen LogP contribution in [0.5, 0.6) is 0 Å². The lowest BCUT2D eigenvalue weighted by molar-refractivity contribution is -0.159. The fraction of sp³-hybridized carbons (Fsp3) is 0.610. The molecule has 1 aromatic heterocycles. The van der Waals surface area contributed by atoms with E-state index in [9.17, 15) is 33.6 Å². The second-order valence-corrected chi connectivity index (χ2v) is 16.7. The summed E-state index contributed by atoms with van der Waals surface area (Å²) in [6.45, 7) is 12.6. The molecule has 7 atom stereocenters. The first kappa shape index (κ1) is 43.6. The molecule has 4 heterocycles. The number of cyclic esters (lactones) is 1. The van der Waals surface area contributed by atoms with Crippen molar-refractivity contribution >= 4 is 47.4 Å². The lowest BCUT2D eigenvalue weighted by Gasteiger charge is -2.40. The Kier molecular flexibility index (Phi) is 14.2. The Morgan fingerprint density at radius 3 is 2.36 bits per heavy atom. The van der Waals surface area contributed by atoms with Gasteiger partial charge in [0.25, 0.3) is 0 Å². The van der Waals surface area contributed by atoms with Crippen LogP contribution < -0.4 is 21.3 Å². The number of carbonyl (C=O) groups excluding carboxylic acids is 7. The van der Waals surface area contributed by atoms with Gasteiger partial charge in [-0.05, 0) is 57.4 Å². The van der Waals surface area contributed by atoms with Gasteiger partial charge in [-0.3, -0.25) is 29.3 Å². The molecule has 5 rings (SSSR count). The summed E-state index contributed by atoms with van der Waals surface area (Å²) in [4.78, 5) is 102. The maximum atomic E-state index is 14.6. The molecule has 2 aromatic rings. The lowest BCUT2D eigenvalue weighted by Crippen LogP contribution is -2.62. The topological polar surface area (TPSA) is 213 Å². The molecule has 0 unspecified atom stereocenters. The number of rotatable bonds is 8. The van der Waals surface area contributed by atoms with Crippen molar-refractivity contribution in [1.29, 1.82) is 0 Å². The van der Waals surface area contributed by atoms with Gasteiger partial charge < -0.3 is 39.9 Å². The number of carbonyl (C=O) groups is 7. The Hall–Kier alpha value is -5.48. The Morgan fingerprint density at radius 1 is 0.966 bits per heavy atom. The third-order valence-electron chi connectivity index (χ3n) is 10.9. The number of amides is 7. The predicted molar refractivity (Wildman–Crippen MR) is 212 cm³/mol. The van der Waals surface area contributed by atoms with Gasteiger partial charge in [-0.2, -0.15) is 0 Å². The second kappa shape index (κ2) is 18.9. The minimum absolute atomic E-state index is 0.0219. The van der Waals surface area contributed by atoms with Gasteiger partial charge in [-0.15, -0.1) is 0 Å². The third kappa shape index (κ3) is 10.5. The van der Waals surface area contributed by atoms with Crippen molar-refractivity contribution in [2.75, 3.05) is 31.6 Å². The molecular formula is C41H58N8O9. The Labute approximate surface area is 339 Å². The zero-order valence-corrected chi connectivity index (χ0v) is 34.5. The number of fused-ring (bicyclic) bond motifs is 2. The fourth-order valence-electron chi connectivity index (χ4n) is 7.68. The molecule has 0 aliphatic carbocycles. The van der Waals surface area contributed by atoms with Crippen molar-refractivity contribution in [1.82, 2.24) is 35.8 Å². The smallest absolute Gasteiger partial charge is 0.328 e. The maximum absolute atomic E-state index is 14.6. The molecule has 1 aromatic carbocycles. The molecule has 0 spiro atoms. The van der Waals surface area contributed by atoms with E-state index in [1.54, 1.807) is 44.2 Å². The van der Waals surface area contributed by atoms with E-state index in [1.165, 1.54) is 14.7 Å². The van der Waals surface area contributed by atoms with E-state index in [0.29, 0.717) is 43.4 Å². The van der Waals surface area contributed by atoms with E-state index in [1.807, 2.05) is 40.7 Å². The van der Waals surface area contributed by atoms with Crippen molar-refractivity contribution in [3.63, 3.8) is 0 Å². The number of piperidine rings is 1. The number of aromatic nitrogens is 1. The zero-order chi connectivity index (χ0) is 42.3. The summed E-state index contributed by atoms with van der Waals surface area (Å²) >= 11 is 0. The van der Waals surface area contributed by atoms with Crippen molar-refractivity contribution in [3.05, 3.63) is 47.7 Å².